The van der Waals surface area contributed by atoms with E-state index in [4.69, 9.17) is 0 Å². The zero-order valence-electron chi connectivity index (χ0n) is 11.1. The molecule has 0 spiro atoms. The van der Waals surface area contributed by atoms with Gasteiger partial charge in [0.05, 0.1) is 4.92 Å². The Bertz CT molecular complexity index is 410. The van der Waals surface area contributed by atoms with Crippen LogP contribution >= 0.6 is 11.8 Å². The summed E-state index contributed by atoms with van der Waals surface area (Å²) < 4.78 is 0. The lowest BCUT2D eigenvalue weighted by molar-refractivity contribution is -0.385. The van der Waals surface area contributed by atoms with Crippen LogP contribution in [0.4, 0.5) is 5.69 Å². The monoisotopic (exact) mass is 268 g/mol. The Morgan fingerprint density at radius 1 is 1.50 bits per heavy atom. The number of hydrogen-bond acceptors (Lipinski definition) is 4. The summed E-state index contributed by atoms with van der Waals surface area (Å²) in [4.78, 5) is 10.5. The summed E-state index contributed by atoms with van der Waals surface area (Å²) in [7, 11) is 0. The normalized spacial score (nSPS) is 12.4. The Hall–Kier alpha value is -1.07. The number of hydrogen-bond donors (Lipinski definition) is 1. The summed E-state index contributed by atoms with van der Waals surface area (Å²) >= 11 is 1.84. The minimum Gasteiger partial charge on any atom is -0.312 e. The highest BCUT2D eigenvalue weighted by Gasteiger charge is 2.12. The van der Waals surface area contributed by atoms with Gasteiger partial charge in [-0.05, 0) is 37.0 Å². The molecule has 1 rings (SSSR count). The fourth-order valence-corrected chi connectivity index (χ4v) is 2.54. The van der Waals surface area contributed by atoms with Crippen molar-refractivity contribution >= 4 is 17.4 Å². The van der Waals surface area contributed by atoms with Crippen LogP contribution in [0.5, 0.6) is 0 Å². The summed E-state index contributed by atoms with van der Waals surface area (Å²) in [5.41, 5.74) is 1.96. The second-order valence-corrected chi connectivity index (χ2v) is 5.42. The predicted octanol–water partition coefficient (Wildman–Crippen LogP) is 2.99. The maximum absolute atomic E-state index is 10.8. The molecular weight excluding hydrogens is 248 g/mol. The number of nitrogens with zero attached hydrogens (tertiary/aromatic N) is 1. The van der Waals surface area contributed by atoms with Crippen LogP contribution in [0.3, 0.4) is 0 Å². The zero-order chi connectivity index (χ0) is 13.5. The van der Waals surface area contributed by atoms with Crippen LogP contribution in [0.25, 0.3) is 0 Å². The van der Waals surface area contributed by atoms with Crippen LogP contribution in [0.15, 0.2) is 18.2 Å². The third-order valence-electron chi connectivity index (χ3n) is 2.87. The quantitative estimate of drug-likeness (QED) is 0.610. The van der Waals surface area contributed by atoms with E-state index in [-0.39, 0.29) is 10.6 Å². The summed E-state index contributed by atoms with van der Waals surface area (Å²) in [6.07, 6.45) is 2.10. The minimum atomic E-state index is -0.324. The lowest BCUT2D eigenvalue weighted by Crippen LogP contribution is -2.22. The molecule has 1 N–H and O–H groups in total. The number of thioether (sulfide) groups is 1. The lowest BCUT2D eigenvalue weighted by atomic mass is 10.1. The molecule has 0 fully saturated rings. The van der Waals surface area contributed by atoms with Gasteiger partial charge in [0.2, 0.25) is 0 Å². The van der Waals surface area contributed by atoms with Crippen LogP contribution in [-0.4, -0.2) is 23.5 Å². The zero-order valence-corrected chi connectivity index (χ0v) is 11.9. The summed E-state index contributed by atoms with van der Waals surface area (Å²) in [6.45, 7) is 5.62. The first-order valence-electron chi connectivity index (χ1n) is 5.98. The maximum atomic E-state index is 10.8. The van der Waals surface area contributed by atoms with Crippen molar-refractivity contribution in [3.63, 3.8) is 0 Å². The van der Waals surface area contributed by atoms with Crippen LogP contribution in [-0.2, 0) is 6.54 Å². The third-order valence-corrected chi connectivity index (χ3v) is 3.78. The van der Waals surface area contributed by atoms with Crippen molar-refractivity contribution in [3.8, 4) is 0 Å². The van der Waals surface area contributed by atoms with Gasteiger partial charge in [-0.2, -0.15) is 11.8 Å². The van der Waals surface area contributed by atoms with Crippen LogP contribution in [0, 0.1) is 23.0 Å². The van der Waals surface area contributed by atoms with E-state index < -0.39 is 0 Å². The van der Waals surface area contributed by atoms with Gasteiger partial charge in [-0.1, -0.05) is 19.1 Å². The van der Waals surface area contributed by atoms with Crippen molar-refractivity contribution in [2.45, 2.75) is 20.4 Å². The van der Waals surface area contributed by atoms with Crippen molar-refractivity contribution in [1.82, 2.24) is 5.32 Å². The molecule has 0 bridgehead atoms. The fraction of sp³-hybridized carbons (Fsp3) is 0.538. The minimum absolute atomic E-state index is 0.200. The second kappa shape index (κ2) is 7.38. The van der Waals surface area contributed by atoms with E-state index >= 15 is 0 Å². The molecule has 18 heavy (non-hydrogen) atoms. The molecule has 1 aromatic rings. The number of rotatable bonds is 7. The highest BCUT2D eigenvalue weighted by molar-refractivity contribution is 7.98. The molecule has 4 nitrogen and oxygen atoms in total. The SMILES string of the molecule is CSCC(C)CNCc1cccc([N+](=O)[O-])c1C. The molecule has 0 aliphatic carbocycles. The maximum Gasteiger partial charge on any atom is 0.272 e. The van der Waals surface area contributed by atoms with Gasteiger partial charge in [0.25, 0.3) is 5.69 Å². The molecule has 5 heteroatoms. The van der Waals surface area contributed by atoms with E-state index in [0.717, 1.165) is 23.4 Å². The van der Waals surface area contributed by atoms with Gasteiger partial charge in [0.15, 0.2) is 0 Å². The molecule has 0 heterocycles. The summed E-state index contributed by atoms with van der Waals surface area (Å²) in [6, 6.07) is 5.23. The number of nitro benzene ring substituents is 1. The summed E-state index contributed by atoms with van der Waals surface area (Å²) in [5.74, 6) is 1.74. The van der Waals surface area contributed by atoms with Gasteiger partial charge in [0, 0.05) is 18.2 Å². The number of nitrogens with one attached hydrogen (secondary N) is 1. The van der Waals surface area contributed by atoms with E-state index in [9.17, 15) is 10.1 Å². The first-order chi connectivity index (χ1) is 8.56. The Balaban J connectivity index is 2.57. The van der Waals surface area contributed by atoms with E-state index in [1.165, 1.54) is 0 Å². The number of nitro groups is 1. The molecule has 0 saturated heterocycles. The van der Waals surface area contributed by atoms with E-state index in [1.54, 1.807) is 19.1 Å². The molecule has 1 atom stereocenters. The van der Waals surface area contributed by atoms with Crippen molar-refractivity contribution in [2.75, 3.05) is 18.6 Å². The van der Waals surface area contributed by atoms with E-state index in [2.05, 4.69) is 18.5 Å². The largest absolute Gasteiger partial charge is 0.312 e. The van der Waals surface area contributed by atoms with Gasteiger partial charge in [0.1, 0.15) is 0 Å². The van der Waals surface area contributed by atoms with E-state index in [0.29, 0.717) is 12.5 Å². The Morgan fingerprint density at radius 3 is 2.83 bits per heavy atom. The first kappa shape index (κ1) is 15.0. The van der Waals surface area contributed by atoms with Gasteiger partial charge in [-0.15, -0.1) is 0 Å². The highest BCUT2D eigenvalue weighted by atomic mass is 32.2. The van der Waals surface area contributed by atoms with Crippen molar-refractivity contribution in [1.29, 1.82) is 0 Å². The van der Waals surface area contributed by atoms with Gasteiger partial charge in [-0.25, -0.2) is 0 Å². The van der Waals surface area contributed by atoms with Crippen molar-refractivity contribution < 1.29 is 4.92 Å². The molecule has 0 saturated carbocycles. The molecule has 0 aliphatic rings. The smallest absolute Gasteiger partial charge is 0.272 e. The molecule has 0 aliphatic heterocycles. The Kier molecular flexibility index (Phi) is 6.15. The second-order valence-electron chi connectivity index (χ2n) is 4.51. The molecule has 1 aromatic carbocycles. The Morgan fingerprint density at radius 2 is 2.22 bits per heavy atom. The number of benzene rings is 1. The average molecular weight is 268 g/mol. The standard InChI is InChI=1S/C13H20N2O2S/c1-10(9-18-3)7-14-8-12-5-4-6-13(11(12)2)15(16)17/h4-6,10,14H,7-9H2,1-3H3. The predicted molar refractivity (Wildman–Crippen MR) is 77.1 cm³/mol. The summed E-state index contributed by atoms with van der Waals surface area (Å²) in [5, 5.41) is 14.2. The molecule has 0 amide bonds. The topological polar surface area (TPSA) is 55.2 Å². The molecule has 100 valence electrons. The highest BCUT2D eigenvalue weighted by Crippen LogP contribution is 2.20. The van der Waals surface area contributed by atoms with Crippen LogP contribution < -0.4 is 5.32 Å². The van der Waals surface area contributed by atoms with Gasteiger partial charge >= 0.3 is 0 Å². The third kappa shape index (κ3) is 4.31. The Labute approximate surface area is 112 Å². The van der Waals surface area contributed by atoms with Crippen LogP contribution in [0.1, 0.15) is 18.1 Å². The molecule has 0 radical (unpaired) electrons. The lowest BCUT2D eigenvalue weighted by Gasteiger charge is -2.12. The molecule has 1 unspecified atom stereocenters. The van der Waals surface area contributed by atoms with E-state index in [1.807, 2.05) is 17.8 Å². The van der Waals surface area contributed by atoms with Crippen molar-refractivity contribution in [3.05, 3.63) is 39.4 Å². The first-order valence-corrected chi connectivity index (χ1v) is 7.38. The molecule has 0 aromatic heterocycles. The van der Waals surface area contributed by atoms with Gasteiger partial charge in [-0.3, -0.25) is 10.1 Å². The molecular formula is C13H20N2O2S. The van der Waals surface area contributed by atoms with Crippen LogP contribution in [0.2, 0.25) is 0 Å². The van der Waals surface area contributed by atoms with Crippen molar-refractivity contribution in [2.24, 2.45) is 5.92 Å². The van der Waals surface area contributed by atoms with Gasteiger partial charge < -0.3 is 5.32 Å². The average Bonchev–Trinajstić information content (AvgIpc) is 2.31. The fourth-order valence-electron chi connectivity index (χ4n) is 1.86.